The second kappa shape index (κ2) is 13.0. The second-order valence-electron chi connectivity index (χ2n) is 22.7. The topological polar surface area (TPSA) is 19.6 Å². The standard InChI is InChI=1S/C60H57BN2OS/c1-34-26-40-39-29-36-16-11-12-17-37(36)30-48(39)63(46-19-15-21-52-53(46)38-18-13-14-20-51(38)65-52)61-54(40)49(27-34)62(47-32-44-42(28-35(47)2)57(3,4)22-24-59(44,7)8)55-41-31-43-45(33-50(41)64-56(55)61)60(9,10)25-23-58(43,5)6/h11-21,26-33H,22-25H2,1-10H3. The number of anilines is 5. The van der Waals surface area contributed by atoms with Gasteiger partial charge < -0.3 is 14.1 Å². The first-order chi connectivity index (χ1) is 31.0. The number of nitrogens with zero attached hydrogens (tertiary/aromatic N) is 2. The summed E-state index contributed by atoms with van der Waals surface area (Å²) < 4.78 is 10.3. The Kier molecular flexibility index (Phi) is 7.90. The van der Waals surface area contributed by atoms with E-state index < -0.39 is 0 Å². The van der Waals surface area contributed by atoms with Crippen molar-refractivity contribution >= 4 is 99.7 Å². The van der Waals surface area contributed by atoms with E-state index in [1.165, 1.54) is 121 Å². The summed E-state index contributed by atoms with van der Waals surface area (Å²) in [6.07, 6.45) is 4.66. The van der Waals surface area contributed by atoms with E-state index >= 15 is 0 Å². The van der Waals surface area contributed by atoms with E-state index in [4.69, 9.17) is 4.42 Å². The molecule has 0 amide bonds. The number of thiophene rings is 1. The van der Waals surface area contributed by atoms with Crippen molar-refractivity contribution in [2.75, 3.05) is 9.71 Å². The van der Waals surface area contributed by atoms with Crippen LogP contribution >= 0.6 is 11.3 Å². The van der Waals surface area contributed by atoms with Gasteiger partial charge in [-0.1, -0.05) is 116 Å². The van der Waals surface area contributed by atoms with E-state index in [0.29, 0.717) is 0 Å². The Labute approximate surface area is 388 Å². The number of fused-ring (bicyclic) bond motifs is 12. The molecule has 0 radical (unpaired) electrons. The summed E-state index contributed by atoms with van der Waals surface area (Å²) >= 11 is 1.89. The third kappa shape index (κ3) is 5.42. The van der Waals surface area contributed by atoms with Gasteiger partial charge in [0, 0.05) is 53.9 Å². The van der Waals surface area contributed by atoms with Crippen LogP contribution in [0.25, 0.3) is 53.0 Å². The van der Waals surface area contributed by atoms with Crippen molar-refractivity contribution in [3.8, 4) is 11.1 Å². The molecule has 0 saturated carbocycles. The largest absolute Gasteiger partial charge is 0.466 e. The van der Waals surface area contributed by atoms with Gasteiger partial charge in [-0.05, 0) is 171 Å². The maximum absolute atomic E-state index is 7.73. The number of rotatable bonds is 2. The summed E-state index contributed by atoms with van der Waals surface area (Å²) in [4.78, 5) is 5.34. The molecule has 4 heterocycles. The lowest BCUT2D eigenvalue weighted by atomic mass is 9.45. The molecule has 322 valence electrons. The molecule has 13 rings (SSSR count). The van der Waals surface area contributed by atoms with E-state index in [9.17, 15) is 0 Å². The van der Waals surface area contributed by atoms with Crippen LogP contribution in [0.3, 0.4) is 0 Å². The first-order valence-electron chi connectivity index (χ1n) is 24.0. The van der Waals surface area contributed by atoms with Crippen molar-refractivity contribution in [1.29, 1.82) is 0 Å². The normalized spacial score (nSPS) is 18.5. The fourth-order valence-corrected chi connectivity index (χ4v) is 13.9. The first-order valence-corrected chi connectivity index (χ1v) is 24.8. The van der Waals surface area contributed by atoms with Gasteiger partial charge >= 0.3 is 6.85 Å². The molecule has 2 aromatic heterocycles. The molecule has 9 aromatic rings. The van der Waals surface area contributed by atoms with Gasteiger partial charge in [0.1, 0.15) is 11.2 Å². The Morgan fingerprint density at radius 1 is 0.523 bits per heavy atom. The van der Waals surface area contributed by atoms with E-state index in [2.05, 4.69) is 194 Å². The molecule has 2 aliphatic carbocycles. The fourth-order valence-electron chi connectivity index (χ4n) is 12.8. The highest BCUT2D eigenvalue weighted by molar-refractivity contribution is 7.26. The predicted octanol–water partition coefficient (Wildman–Crippen LogP) is 16.0. The van der Waals surface area contributed by atoms with Crippen molar-refractivity contribution in [3.05, 3.63) is 149 Å². The van der Waals surface area contributed by atoms with Crippen molar-refractivity contribution < 1.29 is 4.42 Å². The monoisotopic (exact) mass is 864 g/mol. The highest BCUT2D eigenvalue weighted by Crippen LogP contribution is 2.56. The van der Waals surface area contributed by atoms with Crippen molar-refractivity contribution in [2.24, 2.45) is 0 Å². The lowest BCUT2D eigenvalue weighted by Gasteiger charge is -2.46. The summed E-state index contributed by atoms with van der Waals surface area (Å²) in [5, 5.41) is 6.30. The van der Waals surface area contributed by atoms with Crippen molar-refractivity contribution in [2.45, 2.75) is 117 Å². The van der Waals surface area contributed by atoms with E-state index in [1.807, 2.05) is 11.3 Å². The third-order valence-corrected chi connectivity index (χ3v) is 17.8. The summed E-state index contributed by atoms with van der Waals surface area (Å²) in [7, 11) is 0. The molecule has 0 saturated heterocycles. The van der Waals surface area contributed by atoms with Crippen LogP contribution < -0.4 is 20.8 Å². The van der Waals surface area contributed by atoms with Crippen LogP contribution in [-0.2, 0) is 21.7 Å². The van der Waals surface area contributed by atoms with Crippen LogP contribution in [0, 0.1) is 13.8 Å². The molecule has 0 N–H and O–H groups in total. The number of hydrogen-bond acceptors (Lipinski definition) is 4. The summed E-state index contributed by atoms with van der Waals surface area (Å²) in [5.74, 6) is 0. The first kappa shape index (κ1) is 39.6. The minimum absolute atomic E-state index is 0.0359. The molecular weight excluding hydrogens is 808 g/mol. The highest BCUT2D eigenvalue weighted by Gasteiger charge is 2.50. The van der Waals surface area contributed by atoms with Gasteiger partial charge in [0.05, 0.1) is 5.69 Å². The Morgan fingerprint density at radius 3 is 1.86 bits per heavy atom. The van der Waals surface area contributed by atoms with Crippen molar-refractivity contribution in [1.82, 2.24) is 0 Å². The van der Waals surface area contributed by atoms with E-state index in [0.717, 1.165) is 30.5 Å². The maximum atomic E-state index is 7.73. The van der Waals surface area contributed by atoms with Crippen LogP contribution in [-0.4, -0.2) is 6.85 Å². The van der Waals surface area contributed by atoms with Crippen LogP contribution in [0.4, 0.5) is 28.4 Å². The third-order valence-electron chi connectivity index (χ3n) is 16.7. The number of benzene rings is 7. The molecule has 3 nitrogen and oxygen atoms in total. The van der Waals surface area contributed by atoms with Crippen LogP contribution in [0.5, 0.6) is 0 Å². The number of hydrogen-bond donors (Lipinski definition) is 0. The Balaban J connectivity index is 1.20. The summed E-state index contributed by atoms with van der Waals surface area (Å²) in [5.41, 5.74) is 20.6. The summed E-state index contributed by atoms with van der Waals surface area (Å²) in [6.45, 7) is 24.0. The zero-order valence-corrected chi connectivity index (χ0v) is 40.4. The average Bonchev–Trinajstić information content (AvgIpc) is 3.85. The molecule has 65 heavy (non-hydrogen) atoms. The molecule has 7 aromatic carbocycles. The van der Waals surface area contributed by atoms with Gasteiger partial charge in [-0.2, -0.15) is 0 Å². The molecule has 0 atom stereocenters. The van der Waals surface area contributed by atoms with E-state index in [-0.39, 0.29) is 28.5 Å². The van der Waals surface area contributed by atoms with Gasteiger partial charge in [0.15, 0.2) is 0 Å². The lowest BCUT2D eigenvalue weighted by molar-refractivity contribution is 0.332. The van der Waals surface area contributed by atoms with Gasteiger partial charge in [-0.15, -0.1) is 11.3 Å². The SMILES string of the molecule is Cc1cc2c3c(c1)N(c1cc4c(cc1C)C(C)(C)CCC4(C)C)c1c(oc4cc5c(cc14)C(C)(C)CCC5(C)C)B3N(c1cccc3sc4ccccc4c13)c1cc3ccccc3cc1-2. The summed E-state index contributed by atoms with van der Waals surface area (Å²) in [6, 6.07) is 44.8. The Hall–Kier alpha value is -5.78. The minimum atomic E-state index is -0.233. The quantitative estimate of drug-likeness (QED) is 0.161. The highest BCUT2D eigenvalue weighted by atomic mass is 32.1. The average molecular weight is 865 g/mol. The fraction of sp³-hybridized carbons (Fsp3) is 0.300. The number of furan rings is 1. The molecule has 5 heteroatoms. The molecule has 2 aliphatic heterocycles. The van der Waals surface area contributed by atoms with Gasteiger partial charge in [-0.25, -0.2) is 0 Å². The van der Waals surface area contributed by atoms with Gasteiger partial charge in [0.25, 0.3) is 0 Å². The molecule has 0 fully saturated rings. The zero-order chi connectivity index (χ0) is 44.7. The van der Waals surface area contributed by atoms with Crippen LogP contribution in [0.2, 0.25) is 0 Å². The van der Waals surface area contributed by atoms with Crippen LogP contribution in [0.1, 0.15) is 114 Å². The van der Waals surface area contributed by atoms with Crippen molar-refractivity contribution in [3.63, 3.8) is 0 Å². The van der Waals surface area contributed by atoms with Gasteiger partial charge in [-0.3, -0.25) is 0 Å². The minimum Gasteiger partial charge on any atom is -0.466 e. The van der Waals surface area contributed by atoms with E-state index in [1.54, 1.807) is 0 Å². The van der Waals surface area contributed by atoms with Gasteiger partial charge in [0.2, 0.25) is 0 Å². The number of aryl methyl sites for hydroxylation is 2. The lowest BCUT2D eigenvalue weighted by Crippen LogP contribution is -2.61. The molecule has 4 aliphatic rings. The predicted molar refractivity (Wildman–Crippen MR) is 280 cm³/mol. The molecule has 0 unspecified atom stereocenters. The molecule has 0 bridgehead atoms. The van der Waals surface area contributed by atoms with Crippen LogP contribution in [0.15, 0.2) is 120 Å². The second-order valence-corrected chi connectivity index (χ2v) is 23.8. The smallest absolute Gasteiger partial charge is 0.375 e. The molecule has 0 spiro atoms. The maximum Gasteiger partial charge on any atom is 0.375 e. The Bertz CT molecular complexity index is 3560. The Morgan fingerprint density at radius 2 is 1.14 bits per heavy atom. The zero-order valence-electron chi connectivity index (χ0n) is 39.6. The molecular formula is C60H57BN2OS.